The van der Waals surface area contributed by atoms with Crippen molar-refractivity contribution < 1.29 is 15.3 Å². The van der Waals surface area contributed by atoms with Gasteiger partial charge in [-0.15, -0.1) is 0 Å². The molecule has 0 amide bonds. The monoisotopic (exact) mass is 231 g/mol. The van der Waals surface area contributed by atoms with Crippen LogP contribution in [-0.4, -0.2) is 15.3 Å². The van der Waals surface area contributed by atoms with E-state index < -0.39 is 0 Å². The van der Waals surface area contributed by atoms with Gasteiger partial charge in [-0.25, -0.2) is 0 Å². The van der Waals surface area contributed by atoms with Crippen molar-refractivity contribution in [3.05, 3.63) is 48.0 Å². The third-order valence-corrected chi connectivity index (χ3v) is 2.40. The van der Waals surface area contributed by atoms with E-state index in [1.807, 2.05) is 6.07 Å². The van der Waals surface area contributed by atoms with Crippen LogP contribution in [0.15, 0.2) is 42.5 Å². The van der Waals surface area contributed by atoms with E-state index in [1.54, 1.807) is 24.3 Å². The highest BCUT2D eigenvalue weighted by molar-refractivity contribution is 5.49. The molecule has 88 valence electrons. The van der Waals surface area contributed by atoms with Crippen LogP contribution in [0.4, 0.5) is 5.69 Å². The first-order valence-electron chi connectivity index (χ1n) is 5.19. The minimum atomic E-state index is 0.0311. The highest BCUT2D eigenvalue weighted by Crippen LogP contribution is 2.24. The quantitative estimate of drug-likeness (QED) is 0.654. The van der Waals surface area contributed by atoms with Gasteiger partial charge in [-0.1, -0.05) is 6.07 Å². The zero-order valence-electron chi connectivity index (χ0n) is 9.09. The number of anilines is 1. The molecule has 0 saturated heterocycles. The predicted molar refractivity (Wildman–Crippen MR) is 65.2 cm³/mol. The fourth-order valence-corrected chi connectivity index (χ4v) is 1.51. The van der Waals surface area contributed by atoms with Gasteiger partial charge in [-0.3, -0.25) is 0 Å². The summed E-state index contributed by atoms with van der Waals surface area (Å²) in [4.78, 5) is 0. The fourth-order valence-electron chi connectivity index (χ4n) is 1.51. The maximum atomic E-state index is 9.57. The Morgan fingerprint density at radius 2 is 1.65 bits per heavy atom. The lowest BCUT2D eigenvalue weighted by atomic mass is 10.2. The Morgan fingerprint density at radius 1 is 0.882 bits per heavy atom. The number of benzene rings is 2. The smallest absolute Gasteiger partial charge is 0.124 e. The third-order valence-electron chi connectivity index (χ3n) is 2.40. The lowest BCUT2D eigenvalue weighted by Crippen LogP contribution is -1.99. The molecule has 0 aromatic heterocycles. The molecule has 0 unspecified atom stereocenters. The molecule has 0 spiro atoms. The average molecular weight is 231 g/mol. The number of nitrogens with one attached hydrogen (secondary N) is 1. The molecular formula is C13H13NO3. The van der Waals surface area contributed by atoms with E-state index in [0.717, 1.165) is 5.69 Å². The van der Waals surface area contributed by atoms with E-state index in [4.69, 9.17) is 5.11 Å². The van der Waals surface area contributed by atoms with E-state index in [2.05, 4.69) is 5.32 Å². The summed E-state index contributed by atoms with van der Waals surface area (Å²) in [5.74, 6) is 0.256. The van der Waals surface area contributed by atoms with Gasteiger partial charge < -0.3 is 20.6 Å². The molecule has 0 radical (unpaired) electrons. The van der Waals surface area contributed by atoms with Gasteiger partial charge in [0.2, 0.25) is 0 Å². The van der Waals surface area contributed by atoms with E-state index >= 15 is 0 Å². The molecule has 17 heavy (non-hydrogen) atoms. The standard InChI is InChI=1S/C13H13NO3/c15-11-3-1-2-10(6-11)14-8-9-4-5-12(16)7-13(9)17/h1-7,14-17H,8H2. The van der Waals surface area contributed by atoms with Crippen molar-refractivity contribution in [3.63, 3.8) is 0 Å². The normalized spacial score (nSPS) is 10.1. The highest BCUT2D eigenvalue weighted by atomic mass is 16.3. The number of phenolic OH excluding ortho intramolecular Hbond substituents is 3. The second-order valence-corrected chi connectivity index (χ2v) is 3.72. The SMILES string of the molecule is Oc1cccc(NCc2ccc(O)cc2O)c1. The molecule has 0 aliphatic carbocycles. The van der Waals surface area contributed by atoms with Gasteiger partial charge in [0.1, 0.15) is 17.2 Å². The summed E-state index contributed by atoms with van der Waals surface area (Å²) in [6.45, 7) is 0.412. The van der Waals surface area contributed by atoms with Gasteiger partial charge in [0.15, 0.2) is 0 Å². The number of rotatable bonds is 3. The maximum Gasteiger partial charge on any atom is 0.124 e. The summed E-state index contributed by atoms with van der Waals surface area (Å²) in [7, 11) is 0. The zero-order chi connectivity index (χ0) is 12.3. The molecule has 0 atom stereocenters. The van der Waals surface area contributed by atoms with Crippen molar-refractivity contribution in [2.24, 2.45) is 0 Å². The van der Waals surface area contributed by atoms with Crippen molar-refractivity contribution in [2.75, 3.05) is 5.32 Å². The van der Waals surface area contributed by atoms with E-state index in [-0.39, 0.29) is 17.2 Å². The Morgan fingerprint density at radius 3 is 2.35 bits per heavy atom. The topological polar surface area (TPSA) is 72.7 Å². The van der Waals surface area contributed by atoms with Crippen LogP contribution in [0.5, 0.6) is 17.2 Å². The maximum absolute atomic E-state index is 9.57. The van der Waals surface area contributed by atoms with E-state index in [0.29, 0.717) is 12.1 Å². The first-order valence-corrected chi connectivity index (χ1v) is 5.19. The van der Waals surface area contributed by atoms with Gasteiger partial charge in [0.25, 0.3) is 0 Å². The Bertz CT molecular complexity index is 526. The van der Waals surface area contributed by atoms with Crippen LogP contribution in [0, 0.1) is 0 Å². The van der Waals surface area contributed by atoms with Crippen LogP contribution in [0.25, 0.3) is 0 Å². The summed E-state index contributed by atoms with van der Waals surface area (Å²) >= 11 is 0. The minimum Gasteiger partial charge on any atom is -0.508 e. The molecule has 0 saturated carbocycles. The molecule has 0 fully saturated rings. The van der Waals surface area contributed by atoms with Crippen LogP contribution in [-0.2, 0) is 6.54 Å². The largest absolute Gasteiger partial charge is 0.508 e. The number of aromatic hydroxyl groups is 3. The van der Waals surface area contributed by atoms with Crippen LogP contribution in [0.3, 0.4) is 0 Å². The van der Waals surface area contributed by atoms with Crippen LogP contribution in [0.1, 0.15) is 5.56 Å². The van der Waals surface area contributed by atoms with Gasteiger partial charge in [0.05, 0.1) is 0 Å². The van der Waals surface area contributed by atoms with Crippen molar-refractivity contribution in [2.45, 2.75) is 6.54 Å². The third kappa shape index (κ3) is 2.81. The molecule has 4 heteroatoms. The average Bonchev–Trinajstić information content (AvgIpc) is 2.28. The second-order valence-electron chi connectivity index (χ2n) is 3.72. The Hall–Kier alpha value is -2.36. The molecule has 0 bridgehead atoms. The first kappa shape index (κ1) is 11.1. The molecule has 0 aliphatic heterocycles. The van der Waals surface area contributed by atoms with Crippen molar-refractivity contribution in [1.29, 1.82) is 0 Å². The minimum absolute atomic E-state index is 0.0311. The van der Waals surface area contributed by atoms with Crippen LogP contribution in [0.2, 0.25) is 0 Å². The van der Waals surface area contributed by atoms with Gasteiger partial charge >= 0.3 is 0 Å². The molecule has 2 aromatic rings. The Balaban J connectivity index is 2.07. The Kier molecular flexibility index (Phi) is 3.05. The number of hydrogen-bond acceptors (Lipinski definition) is 4. The lowest BCUT2D eigenvalue weighted by molar-refractivity contribution is 0.446. The summed E-state index contributed by atoms with van der Waals surface area (Å²) in [6.07, 6.45) is 0. The molecule has 2 rings (SSSR count). The van der Waals surface area contributed by atoms with Gasteiger partial charge in [0, 0.05) is 29.9 Å². The van der Waals surface area contributed by atoms with Crippen LogP contribution >= 0.6 is 0 Å². The molecule has 0 heterocycles. The molecule has 4 N–H and O–H groups in total. The van der Waals surface area contributed by atoms with E-state index in [1.165, 1.54) is 12.1 Å². The summed E-state index contributed by atoms with van der Waals surface area (Å²) in [5, 5.41) is 31.1. The van der Waals surface area contributed by atoms with E-state index in [9.17, 15) is 10.2 Å². The molecule has 2 aromatic carbocycles. The summed E-state index contributed by atoms with van der Waals surface area (Å²) < 4.78 is 0. The zero-order valence-corrected chi connectivity index (χ0v) is 9.09. The second kappa shape index (κ2) is 4.65. The molecule has 4 nitrogen and oxygen atoms in total. The summed E-state index contributed by atoms with van der Waals surface area (Å²) in [5.41, 5.74) is 1.43. The fraction of sp³-hybridized carbons (Fsp3) is 0.0769. The number of hydrogen-bond donors (Lipinski definition) is 4. The molecular weight excluding hydrogens is 218 g/mol. The first-order chi connectivity index (χ1) is 8.15. The van der Waals surface area contributed by atoms with Crippen molar-refractivity contribution in [3.8, 4) is 17.2 Å². The summed E-state index contributed by atoms with van der Waals surface area (Å²) in [6, 6.07) is 11.2. The van der Waals surface area contributed by atoms with Gasteiger partial charge in [-0.05, 0) is 24.3 Å². The van der Waals surface area contributed by atoms with Crippen molar-refractivity contribution in [1.82, 2.24) is 0 Å². The van der Waals surface area contributed by atoms with Gasteiger partial charge in [-0.2, -0.15) is 0 Å². The van der Waals surface area contributed by atoms with Crippen LogP contribution < -0.4 is 5.32 Å². The highest BCUT2D eigenvalue weighted by Gasteiger charge is 2.02. The predicted octanol–water partition coefficient (Wildman–Crippen LogP) is 2.42. The molecule has 0 aliphatic rings. The Labute approximate surface area is 98.8 Å². The van der Waals surface area contributed by atoms with Crippen molar-refractivity contribution >= 4 is 5.69 Å². The lowest BCUT2D eigenvalue weighted by Gasteiger charge is -2.08. The number of phenols is 3.